The zero-order valence-corrected chi connectivity index (χ0v) is 9.87. The van der Waals surface area contributed by atoms with Crippen molar-refractivity contribution in [1.82, 2.24) is 0 Å². The van der Waals surface area contributed by atoms with E-state index in [0.29, 0.717) is 5.84 Å². The van der Waals surface area contributed by atoms with Crippen LogP contribution in [0.2, 0.25) is 0 Å². The number of aliphatic imine (C=N–C) groups is 1. The van der Waals surface area contributed by atoms with Gasteiger partial charge in [0, 0.05) is 6.42 Å². The predicted molar refractivity (Wildman–Crippen MR) is 64.4 cm³/mol. The van der Waals surface area contributed by atoms with Gasteiger partial charge in [0.15, 0.2) is 0 Å². The fraction of sp³-hybridized carbons (Fsp3) is 0.462. The number of aryl methyl sites for hydroxylation is 1. The summed E-state index contributed by atoms with van der Waals surface area (Å²) in [6, 6.07) is 5.55. The second-order valence-corrected chi connectivity index (χ2v) is 4.55. The highest BCUT2D eigenvalue weighted by molar-refractivity contribution is 5.82. The summed E-state index contributed by atoms with van der Waals surface area (Å²) in [4.78, 5) is 4.27. The second-order valence-electron chi connectivity index (χ2n) is 4.55. The van der Waals surface area contributed by atoms with Crippen molar-refractivity contribution >= 4 is 5.84 Å². The lowest BCUT2D eigenvalue weighted by molar-refractivity contribution is -0.137. The summed E-state index contributed by atoms with van der Waals surface area (Å²) in [6.07, 6.45) is -0.904. The molecule has 0 aromatic heterocycles. The normalized spacial score (nSPS) is 19.9. The van der Waals surface area contributed by atoms with E-state index < -0.39 is 11.7 Å². The molecule has 0 aliphatic carbocycles. The standard InChI is InChI=1S/C13H15F3N2/c14-13(15,16)10-4-1-9(2-5-10)3-6-11-7-8-12(17)18-11/h1-2,4-5,11H,3,6-8H2,(H2,17,18)/t11-/m0/s1. The zero-order valence-electron chi connectivity index (χ0n) is 9.87. The Bertz CT molecular complexity index is 435. The molecule has 1 aliphatic rings. The van der Waals surface area contributed by atoms with Gasteiger partial charge in [-0.1, -0.05) is 12.1 Å². The minimum absolute atomic E-state index is 0.229. The SMILES string of the molecule is NC1=N[C@@H](CCc2ccc(C(F)(F)F)cc2)CC1. The number of nitrogens with two attached hydrogens (primary N) is 1. The van der Waals surface area contributed by atoms with Gasteiger partial charge < -0.3 is 5.73 Å². The number of benzene rings is 1. The number of rotatable bonds is 3. The Hall–Kier alpha value is -1.52. The van der Waals surface area contributed by atoms with E-state index in [2.05, 4.69) is 4.99 Å². The van der Waals surface area contributed by atoms with E-state index in [1.54, 1.807) is 0 Å². The third kappa shape index (κ3) is 3.24. The average molecular weight is 256 g/mol. The highest BCUT2D eigenvalue weighted by Crippen LogP contribution is 2.29. The van der Waals surface area contributed by atoms with Gasteiger partial charge in [-0.05, 0) is 37.0 Å². The van der Waals surface area contributed by atoms with Gasteiger partial charge in [0.05, 0.1) is 17.4 Å². The topological polar surface area (TPSA) is 38.4 Å². The summed E-state index contributed by atoms with van der Waals surface area (Å²) < 4.78 is 37.1. The molecule has 18 heavy (non-hydrogen) atoms. The van der Waals surface area contributed by atoms with Crippen LogP contribution in [0.5, 0.6) is 0 Å². The first-order valence-electron chi connectivity index (χ1n) is 5.93. The maximum Gasteiger partial charge on any atom is 0.416 e. The molecule has 1 atom stereocenters. The summed E-state index contributed by atoms with van der Waals surface area (Å²) in [5.41, 5.74) is 5.89. The van der Waals surface area contributed by atoms with E-state index >= 15 is 0 Å². The lowest BCUT2D eigenvalue weighted by atomic mass is 10.0. The van der Waals surface area contributed by atoms with Crippen LogP contribution < -0.4 is 5.73 Å². The molecule has 98 valence electrons. The Balaban J connectivity index is 1.91. The first-order chi connectivity index (χ1) is 8.45. The Labute approximate surface area is 104 Å². The molecule has 1 aromatic carbocycles. The summed E-state index contributed by atoms with van der Waals surface area (Å²) in [5, 5.41) is 0. The third-order valence-corrected chi connectivity index (χ3v) is 3.13. The average Bonchev–Trinajstić information content (AvgIpc) is 2.72. The summed E-state index contributed by atoms with van der Waals surface area (Å²) in [5.74, 6) is 0.687. The van der Waals surface area contributed by atoms with Crippen molar-refractivity contribution in [3.63, 3.8) is 0 Å². The molecule has 1 aliphatic heterocycles. The molecule has 2 N–H and O–H groups in total. The molecule has 0 fully saturated rings. The molecule has 0 spiro atoms. The van der Waals surface area contributed by atoms with Crippen molar-refractivity contribution in [2.75, 3.05) is 0 Å². The number of halogens is 3. The van der Waals surface area contributed by atoms with Gasteiger partial charge in [0.1, 0.15) is 0 Å². The number of alkyl halides is 3. The molecular weight excluding hydrogens is 241 g/mol. The number of amidine groups is 1. The lowest BCUT2D eigenvalue weighted by Gasteiger charge is -2.09. The molecule has 0 radical (unpaired) electrons. The Morgan fingerprint density at radius 1 is 1.22 bits per heavy atom. The van der Waals surface area contributed by atoms with Crippen LogP contribution >= 0.6 is 0 Å². The molecule has 2 rings (SSSR count). The molecule has 0 saturated heterocycles. The molecule has 0 amide bonds. The van der Waals surface area contributed by atoms with Crippen molar-refractivity contribution in [1.29, 1.82) is 0 Å². The maximum absolute atomic E-state index is 12.4. The Morgan fingerprint density at radius 2 is 1.89 bits per heavy atom. The van der Waals surface area contributed by atoms with Gasteiger partial charge in [0.2, 0.25) is 0 Å². The fourth-order valence-corrected chi connectivity index (χ4v) is 2.08. The van der Waals surface area contributed by atoms with Crippen molar-refractivity contribution in [3.8, 4) is 0 Å². The van der Waals surface area contributed by atoms with Crippen LogP contribution in [0.1, 0.15) is 30.4 Å². The predicted octanol–water partition coefficient (Wildman–Crippen LogP) is 3.16. The number of hydrogen-bond donors (Lipinski definition) is 1. The molecule has 1 aromatic rings. The van der Waals surface area contributed by atoms with Crippen LogP contribution in [-0.2, 0) is 12.6 Å². The van der Waals surface area contributed by atoms with Gasteiger partial charge in [-0.15, -0.1) is 0 Å². The molecular formula is C13H15F3N2. The maximum atomic E-state index is 12.4. The molecule has 0 unspecified atom stereocenters. The quantitative estimate of drug-likeness (QED) is 0.886. The van der Waals surface area contributed by atoms with Crippen LogP contribution in [-0.4, -0.2) is 11.9 Å². The molecule has 1 heterocycles. The second kappa shape index (κ2) is 5.00. The largest absolute Gasteiger partial charge is 0.416 e. The first-order valence-corrected chi connectivity index (χ1v) is 5.93. The third-order valence-electron chi connectivity index (χ3n) is 3.13. The minimum atomic E-state index is -4.26. The van der Waals surface area contributed by atoms with Gasteiger partial charge in [0.25, 0.3) is 0 Å². The summed E-state index contributed by atoms with van der Waals surface area (Å²) in [7, 11) is 0. The van der Waals surface area contributed by atoms with E-state index in [1.807, 2.05) is 0 Å². The van der Waals surface area contributed by atoms with Crippen LogP contribution in [0.4, 0.5) is 13.2 Å². The molecule has 0 saturated carbocycles. The van der Waals surface area contributed by atoms with Crippen LogP contribution in [0.15, 0.2) is 29.3 Å². The van der Waals surface area contributed by atoms with E-state index in [-0.39, 0.29) is 6.04 Å². The Kier molecular flexibility index (Phi) is 3.59. The minimum Gasteiger partial charge on any atom is -0.387 e. The van der Waals surface area contributed by atoms with Gasteiger partial charge in [-0.2, -0.15) is 13.2 Å². The van der Waals surface area contributed by atoms with E-state index in [4.69, 9.17) is 5.73 Å². The monoisotopic (exact) mass is 256 g/mol. The summed E-state index contributed by atoms with van der Waals surface area (Å²) >= 11 is 0. The van der Waals surface area contributed by atoms with Crippen molar-refractivity contribution in [3.05, 3.63) is 35.4 Å². The summed E-state index contributed by atoms with van der Waals surface area (Å²) in [6.45, 7) is 0. The molecule has 2 nitrogen and oxygen atoms in total. The van der Waals surface area contributed by atoms with Crippen molar-refractivity contribution < 1.29 is 13.2 Å². The zero-order chi connectivity index (χ0) is 13.2. The molecule has 0 bridgehead atoms. The number of hydrogen-bond acceptors (Lipinski definition) is 2. The van der Waals surface area contributed by atoms with Gasteiger partial charge >= 0.3 is 6.18 Å². The Morgan fingerprint density at radius 3 is 2.39 bits per heavy atom. The number of nitrogens with zero attached hydrogens (tertiary/aromatic N) is 1. The van der Waals surface area contributed by atoms with E-state index in [9.17, 15) is 13.2 Å². The van der Waals surface area contributed by atoms with Crippen LogP contribution in [0, 0.1) is 0 Å². The smallest absolute Gasteiger partial charge is 0.387 e. The van der Waals surface area contributed by atoms with Gasteiger partial charge in [-0.25, -0.2) is 0 Å². The van der Waals surface area contributed by atoms with Crippen LogP contribution in [0.3, 0.4) is 0 Å². The highest BCUT2D eigenvalue weighted by Gasteiger charge is 2.29. The van der Waals surface area contributed by atoms with Crippen molar-refractivity contribution in [2.24, 2.45) is 10.7 Å². The fourth-order valence-electron chi connectivity index (χ4n) is 2.08. The van der Waals surface area contributed by atoms with Gasteiger partial charge in [-0.3, -0.25) is 4.99 Å². The van der Waals surface area contributed by atoms with Crippen LogP contribution in [0.25, 0.3) is 0 Å². The van der Waals surface area contributed by atoms with Crippen molar-refractivity contribution in [2.45, 2.75) is 37.9 Å². The lowest BCUT2D eigenvalue weighted by Crippen LogP contribution is -2.06. The first kappa shape index (κ1) is 12.9. The molecule has 5 heteroatoms. The highest BCUT2D eigenvalue weighted by atomic mass is 19.4. The van der Waals surface area contributed by atoms with E-state index in [0.717, 1.165) is 43.4 Å². The van der Waals surface area contributed by atoms with E-state index in [1.165, 1.54) is 12.1 Å².